The Labute approximate surface area is 163 Å². The molecule has 0 amide bonds. The van der Waals surface area contributed by atoms with Crippen LogP contribution in [0.5, 0.6) is 23.0 Å². The van der Waals surface area contributed by atoms with Crippen molar-refractivity contribution in [2.75, 3.05) is 40.1 Å². The standard InChI is InChI=1S/C21H24FN3O3/c1-25(2)9-4-10-27-21-13-17-15(12-20(21)26-3)18(7-8-24-17)28-19-6-5-14(23)11-16(19)22/h5-8,11-13H,4,9-10,23H2,1-3H3. The highest BCUT2D eigenvalue weighted by molar-refractivity contribution is 5.88. The predicted molar refractivity (Wildman–Crippen MR) is 108 cm³/mol. The van der Waals surface area contributed by atoms with Crippen molar-refractivity contribution in [2.24, 2.45) is 0 Å². The highest BCUT2D eigenvalue weighted by atomic mass is 19.1. The molecule has 0 bridgehead atoms. The third kappa shape index (κ3) is 4.61. The van der Waals surface area contributed by atoms with Gasteiger partial charge in [-0.2, -0.15) is 0 Å². The summed E-state index contributed by atoms with van der Waals surface area (Å²) >= 11 is 0. The maximum absolute atomic E-state index is 14.1. The van der Waals surface area contributed by atoms with Gasteiger partial charge in [-0.05, 0) is 44.8 Å². The SMILES string of the molecule is COc1cc2c(Oc3ccc(N)cc3F)ccnc2cc1OCCCN(C)C. The van der Waals surface area contributed by atoms with Gasteiger partial charge in [0, 0.05) is 35.9 Å². The van der Waals surface area contributed by atoms with E-state index in [-0.39, 0.29) is 5.75 Å². The third-order valence-electron chi connectivity index (χ3n) is 4.17. The number of nitrogens with zero attached hydrogens (tertiary/aromatic N) is 2. The smallest absolute Gasteiger partial charge is 0.167 e. The van der Waals surface area contributed by atoms with Crippen molar-refractivity contribution in [1.29, 1.82) is 0 Å². The van der Waals surface area contributed by atoms with Crippen LogP contribution < -0.4 is 19.9 Å². The van der Waals surface area contributed by atoms with E-state index in [1.807, 2.05) is 14.1 Å². The van der Waals surface area contributed by atoms with Gasteiger partial charge >= 0.3 is 0 Å². The number of rotatable bonds is 8. The van der Waals surface area contributed by atoms with E-state index < -0.39 is 5.82 Å². The summed E-state index contributed by atoms with van der Waals surface area (Å²) in [5.74, 6) is 1.19. The molecule has 2 aromatic carbocycles. The molecular weight excluding hydrogens is 361 g/mol. The van der Waals surface area contributed by atoms with Crippen molar-refractivity contribution in [3.05, 3.63) is 48.4 Å². The number of anilines is 1. The van der Waals surface area contributed by atoms with Crippen LogP contribution in [0.3, 0.4) is 0 Å². The molecule has 0 saturated carbocycles. The second-order valence-electron chi connectivity index (χ2n) is 6.63. The fourth-order valence-corrected chi connectivity index (χ4v) is 2.77. The summed E-state index contributed by atoms with van der Waals surface area (Å²) in [6.45, 7) is 1.49. The largest absolute Gasteiger partial charge is 0.493 e. The summed E-state index contributed by atoms with van der Waals surface area (Å²) in [4.78, 5) is 6.47. The highest BCUT2D eigenvalue weighted by Crippen LogP contribution is 2.37. The lowest BCUT2D eigenvalue weighted by atomic mass is 10.1. The number of hydrogen-bond donors (Lipinski definition) is 1. The van der Waals surface area contributed by atoms with Crippen molar-refractivity contribution in [2.45, 2.75) is 6.42 Å². The van der Waals surface area contributed by atoms with Crippen LogP contribution in [-0.4, -0.2) is 44.2 Å². The number of halogens is 1. The summed E-state index contributed by atoms with van der Waals surface area (Å²) in [5, 5.41) is 0.691. The molecular formula is C21H24FN3O3. The van der Waals surface area contributed by atoms with Gasteiger partial charge in [0.15, 0.2) is 23.1 Å². The Bertz CT molecular complexity index is 963. The summed E-state index contributed by atoms with van der Waals surface area (Å²) in [5.41, 5.74) is 6.59. The minimum atomic E-state index is -0.530. The van der Waals surface area contributed by atoms with Gasteiger partial charge in [0.05, 0.1) is 19.2 Å². The molecule has 3 rings (SSSR count). The van der Waals surface area contributed by atoms with Gasteiger partial charge in [-0.25, -0.2) is 4.39 Å². The van der Waals surface area contributed by atoms with E-state index in [1.54, 1.807) is 37.6 Å². The molecule has 1 aromatic heterocycles. The van der Waals surface area contributed by atoms with Crippen molar-refractivity contribution < 1.29 is 18.6 Å². The molecule has 0 fully saturated rings. The maximum atomic E-state index is 14.1. The van der Waals surface area contributed by atoms with Gasteiger partial charge in [0.25, 0.3) is 0 Å². The summed E-state index contributed by atoms with van der Waals surface area (Å²) < 4.78 is 31.2. The van der Waals surface area contributed by atoms with E-state index >= 15 is 0 Å². The van der Waals surface area contributed by atoms with E-state index in [0.29, 0.717) is 40.4 Å². The highest BCUT2D eigenvalue weighted by Gasteiger charge is 2.13. The van der Waals surface area contributed by atoms with Crippen LogP contribution in [0.4, 0.5) is 10.1 Å². The average molecular weight is 385 g/mol. The number of hydrogen-bond acceptors (Lipinski definition) is 6. The molecule has 28 heavy (non-hydrogen) atoms. The van der Waals surface area contributed by atoms with E-state index in [2.05, 4.69) is 9.88 Å². The quantitative estimate of drug-likeness (QED) is 0.465. The Kier molecular flexibility index (Phi) is 6.16. The van der Waals surface area contributed by atoms with E-state index in [0.717, 1.165) is 13.0 Å². The van der Waals surface area contributed by atoms with Crippen LogP contribution in [0.1, 0.15) is 6.42 Å². The molecule has 148 valence electrons. The second-order valence-corrected chi connectivity index (χ2v) is 6.63. The maximum Gasteiger partial charge on any atom is 0.167 e. The average Bonchev–Trinajstić information content (AvgIpc) is 2.66. The topological polar surface area (TPSA) is 69.8 Å². The van der Waals surface area contributed by atoms with Gasteiger partial charge in [-0.3, -0.25) is 4.98 Å². The second kappa shape index (κ2) is 8.75. The number of aromatic nitrogens is 1. The zero-order valence-corrected chi connectivity index (χ0v) is 16.2. The van der Waals surface area contributed by atoms with Crippen molar-refractivity contribution in [3.63, 3.8) is 0 Å². The Morgan fingerprint density at radius 3 is 2.57 bits per heavy atom. The zero-order valence-electron chi connectivity index (χ0n) is 16.2. The molecule has 0 aliphatic rings. The summed E-state index contributed by atoms with van der Waals surface area (Å²) in [7, 11) is 5.61. The van der Waals surface area contributed by atoms with Gasteiger partial charge < -0.3 is 24.8 Å². The van der Waals surface area contributed by atoms with Crippen molar-refractivity contribution in [1.82, 2.24) is 9.88 Å². The lowest BCUT2D eigenvalue weighted by molar-refractivity contribution is 0.268. The first-order valence-corrected chi connectivity index (χ1v) is 8.95. The number of ether oxygens (including phenoxy) is 3. The van der Waals surface area contributed by atoms with Crippen LogP contribution in [0.2, 0.25) is 0 Å². The molecule has 7 heteroatoms. The molecule has 0 atom stereocenters. The fraction of sp³-hybridized carbons (Fsp3) is 0.286. The summed E-state index contributed by atoms with van der Waals surface area (Å²) in [6.07, 6.45) is 2.50. The molecule has 6 nitrogen and oxygen atoms in total. The summed E-state index contributed by atoms with van der Waals surface area (Å²) in [6, 6.07) is 9.57. The molecule has 0 saturated heterocycles. The van der Waals surface area contributed by atoms with Crippen LogP contribution in [0.15, 0.2) is 42.6 Å². The van der Waals surface area contributed by atoms with E-state index in [9.17, 15) is 4.39 Å². The fourth-order valence-electron chi connectivity index (χ4n) is 2.77. The number of benzene rings is 2. The first kappa shape index (κ1) is 19.7. The van der Waals surface area contributed by atoms with Crippen LogP contribution in [0.25, 0.3) is 10.9 Å². The normalized spacial score (nSPS) is 11.0. The van der Waals surface area contributed by atoms with Gasteiger partial charge in [-0.1, -0.05) is 0 Å². The Morgan fingerprint density at radius 1 is 1.04 bits per heavy atom. The van der Waals surface area contributed by atoms with Crippen LogP contribution in [0, 0.1) is 5.82 Å². The van der Waals surface area contributed by atoms with E-state index in [4.69, 9.17) is 19.9 Å². The van der Waals surface area contributed by atoms with Crippen LogP contribution in [-0.2, 0) is 0 Å². The molecule has 0 spiro atoms. The third-order valence-corrected chi connectivity index (χ3v) is 4.17. The molecule has 3 aromatic rings. The van der Waals surface area contributed by atoms with E-state index in [1.165, 1.54) is 12.1 Å². The molecule has 0 unspecified atom stereocenters. The minimum absolute atomic E-state index is 0.0877. The number of pyridine rings is 1. The number of nitrogens with two attached hydrogens (primary N) is 1. The van der Waals surface area contributed by atoms with Gasteiger partial charge in [0.2, 0.25) is 0 Å². The minimum Gasteiger partial charge on any atom is -0.493 e. The molecule has 2 N–H and O–H groups in total. The first-order chi connectivity index (χ1) is 13.5. The lowest BCUT2D eigenvalue weighted by Crippen LogP contribution is -2.15. The number of methoxy groups -OCH3 is 1. The Hall–Kier alpha value is -3.06. The molecule has 1 heterocycles. The number of fused-ring (bicyclic) bond motifs is 1. The first-order valence-electron chi connectivity index (χ1n) is 8.95. The van der Waals surface area contributed by atoms with Crippen LogP contribution >= 0.6 is 0 Å². The van der Waals surface area contributed by atoms with Crippen molar-refractivity contribution >= 4 is 16.6 Å². The molecule has 0 aliphatic carbocycles. The molecule has 0 radical (unpaired) electrons. The monoisotopic (exact) mass is 385 g/mol. The zero-order chi connectivity index (χ0) is 20.1. The van der Waals surface area contributed by atoms with Crippen molar-refractivity contribution in [3.8, 4) is 23.0 Å². The Balaban J connectivity index is 1.89. The Morgan fingerprint density at radius 2 is 1.86 bits per heavy atom. The lowest BCUT2D eigenvalue weighted by Gasteiger charge is -2.15. The van der Waals surface area contributed by atoms with Gasteiger partial charge in [-0.15, -0.1) is 0 Å². The van der Waals surface area contributed by atoms with Gasteiger partial charge in [0.1, 0.15) is 5.75 Å². The number of nitrogen functional groups attached to an aromatic ring is 1. The molecule has 0 aliphatic heterocycles. The predicted octanol–water partition coefficient (Wildman–Crippen LogP) is 4.09.